The van der Waals surface area contributed by atoms with Gasteiger partial charge in [0.2, 0.25) is 10.0 Å². The minimum absolute atomic E-state index is 0.406. The number of nitrogens with two attached hydrogens (primary N) is 1. The van der Waals surface area contributed by atoms with Crippen molar-refractivity contribution in [3.63, 3.8) is 0 Å². The van der Waals surface area contributed by atoms with Crippen LogP contribution in [0.4, 0.5) is 16.3 Å². The number of nitrogens with one attached hydrogen (secondary N) is 1. The Labute approximate surface area is 122 Å². The number of carbonyl (C=O) groups is 1. The van der Waals surface area contributed by atoms with E-state index < -0.39 is 16.1 Å². The van der Waals surface area contributed by atoms with Crippen LogP contribution in [0.1, 0.15) is 5.69 Å². The van der Waals surface area contributed by atoms with Crippen molar-refractivity contribution in [2.75, 3.05) is 22.9 Å². The van der Waals surface area contributed by atoms with Crippen molar-refractivity contribution >= 4 is 38.3 Å². The van der Waals surface area contributed by atoms with E-state index in [2.05, 4.69) is 9.71 Å². The highest BCUT2D eigenvalue weighted by Crippen LogP contribution is 2.25. The van der Waals surface area contributed by atoms with Gasteiger partial charge in [-0.15, -0.1) is 0 Å². The number of benzene rings is 1. The van der Waals surface area contributed by atoms with Crippen LogP contribution in [-0.2, 0) is 10.0 Å². The molecule has 0 aliphatic carbocycles. The second-order valence-corrected chi connectivity index (χ2v) is 6.52. The average Bonchev–Trinajstić information content (AvgIpc) is 2.35. The fourth-order valence-corrected chi connectivity index (χ4v) is 2.53. The molecule has 7 nitrogen and oxygen atoms in total. The van der Waals surface area contributed by atoms with E-state index in [0.29, 0.717) is 11.5 Å². The highest BCUT2D eigenvalue weighted by atomic mass is 32.2. The molecule has 2 aromatic rings. The number of hydrogen-bond donors (Lipinski definition) is 2. The molecule has 0 saturated carbocycles. The molecule has 3 N–H and O–H groups in total. The standard InChI is InChI=1S/C13H16N4O3S/c1-8-11-5-4-10(16-21(3,19)20)6-9(11)7-12(15-8)17(2)13(14)18/h4-7,16H,1-3H3,(H2,14,18). The first kappa shape index (κ1) is 15.0. The van der Waals surface area contributed by atoms with Gasteiger partial charge < -0.3 is 5.73 Å². The number of urea groups is 1. The van der Waals surface area contributed by atoms with Crippen molar-refractivity contribution in [2.24, 2.45) is 5.73 Å². The molecule has 0 saturated heterocycles. The van der Waals surface area contributed by atoms with Crippen molar-refractivity contribution in [1.29, 1.82) is 0 Å². The number of hydrogen-bond acceptors (Lipinski definition) is 4. The monoisotopic (exact) mass is 308 g/mol. The van der Waals surface area contributed by atoms with Gasteiger partial charge in [-0.25, -0.2) is 18.2 Å². The Bertz CT molecular complexity index is 818. The lowest BCUT2D eigenvalue weighted by Gasteiger charge is -2.15. The van der Waals surface area contributed by atoms with Crippen LogP contribution in [0.15, 0.2) is 24.3 Å². The SMILES string of the molecule is Cc1nc(N(C)C(N)=O)cc2cc(NS(C)(=O)=O)ccc12. The lowest BCUT2D eigenvalue weighted by molar-refractivity contribution is 0.255. The van der Waals surface area contributed by atoms with E-state index in [0.717, 1.165) is 22.7 Å². The Balaban J connectivity index is 2.57. The zero-order valence-corrected chi connectivity index (χ0v) is 12.7. The van der Waals surface area contributed by atoms with Crippen molar-refractivity contribution < 1.29 is 13.2 Å². The van der Waals surface area contributed by atoms with Crippen LogP contribution in [0.25, 0.3) is 10.8 Å². The molecule has 0 unspecified atom stereocenters. The van der Waals surface area contributed by atoms with Gasteiger partial charge in [0, 0.05) is 23.8 Å². The topological polar surface area (TPSA) is 105 Å². The Morgan fingerprint density at radius 1 is 1.33 bits per heavy atom. The summed E-state index contributed by atoms with van der Waals surface area (Å²) in [6, 6.07) is 6.19. The highest BCUT2D eigenvalue weighted by Gasteiger charge is 2.11. The minimum Gasteiger partial charge on any atom is -0.351 e. The predicted octanol–water partition coefficient (Wildman–Crippen LogP) is 1.43. The fraction of sp³-hybridized carbons (Fsp3) is 0.231. The van der Waals surface area contributed by atoms with Crippen LogP contribution in [0, 0.1) is 6.92 Å². The zero-order valence-electron chi connectivity index (χ0n) is 11.9. The van der Waals surface area contributed by atoms with Gasteiger partial charge in [0.15, 0.2) is 0 Å². The second kappa shape index (κ2) is 5.21. The second-order valence-electron chi connectivity index (χ2n) is 4.77. The van der Waals surface area contributed by atoms with Gasteiger partial charge in [-0.3, -0.25) is 9.62 Å². The maximum Gasteiger partial charge on any atom is 0.320 e. The van der Waals surface area contributed by atoms with Gasteiger partial charge in [0.25, 0.3) is 0 Å². The number of pyridine rings is 1. The smallest absolute Gasteiger partial charge is 0.320 e. The van der Waals surface area contributed by atoms with Crippen LogP contribution >= 0.6 is 0 Å². The van der Waals surface area contributed by atoms with E-state index in [-0.39, 0.29) is 0 Å². The number of aromatic nitrogens is 1. The van der Waals surface area contributed by atoms with Crippen LogP contribution in [-0.4, -0.2) is 32.7 Å². The summed E-state index contributed by atoms with van der Waals surface area (Å²) < 4.78 is 25.0. The summed E-state index contributed by atoms with van der Waals surface area (Å²) in [5.41, 5.74) is 6.40. The van der Waals surface area contributed by atoms with Gasteiger partial charge >= 0.3 is 6.03 Å². The van der Waals surface area contributed by atoms with Crippen LogP contribution in [0.2, 0.25) is 0 Å². The third-order valence-corrected chi connectivity index (χ3v) is 3.59. The maximum atomic E-state index is 11.3. The molecule has 2 amide bonds. The Morgan fingerprint density at radius 2 is 2.00 bits per heavy atom. The lowest BCUT2D eigenvalue weighted by atomic mass is 10.1. The molecule has 0 aliphatic rings. The molecule has 112 valence electrons. The molecule has 8 heteroatoms. The normalized spacial score (nSPS) is 11.4. The van der Waals surface area contributed by atoms with E-state index in [9.17, 15) is 13.2 Å². The Hall–Kier alpha value is -2.35. The summed E-state index contributed by atoms with van der Waals surface area (Å²) in [6.45, 7) is 1.81. The molecule has 0 atom stereocenters. The molecular weight excluding hydrogens is 292 g/mol. The molecule has 0 aliphatic heterocycles. The Morgan fingerprint density at radius 3 is 2.57 bits per heavy atom. The number of primary amides is 1. The zero-order chi connectivity index (χ0) is 15.8. The van der Waals surface area contributed by atoms with Gasteiger partial charge in [0.05, 0.1) is 6.26 Å². The molecule has 0 spiro atoms. The number of aryl methyl sites for hydroxylation is 1. The first-order valence-corrected chi connectivity index (χ1v) is 7.99. The molecule has 1 heterocycles. The number of amides is 2. The van der Waals surface area contributed by atoms with E-state index >= 15 is 0 Å². The molecule has 2 rings (SSSR count). The molecule has 0 radical (unpaired) electrons. The summed E-state index contributed by atoms with van der Waals surface area (Å²) in [5.74, 6) is 0.406. The lowest BCUT2D eigenvalue weighted by Crippen LogP contribution is -2.32. The maximum absolute atomic E-state index is 11.3. The predicted molar refractivity (Wildman–Crippen MR) is 82.9 cm³/mol. The molecule has 0 fully saturated rings. The van der Waals surface area contributed by atoms with Gasteiger partial charge in [0.1, 0.15) is 5.82 Å². The number of carbonyl (C=O) groups excluding carboxylic acids is 1. The summed E-state index contributed by atoms with van der Waals surface area (Å²) in [6.07, 6.45) is 1.08. The van der Waals surface area contributed by atoms with Crippen LogP contribution in [0.5, 0.6) is 0 Å². The van der Waals surface area contributed by atoms with Crippen LogP contribution < -0.4 is 15.4 Å². The fourth-order valence-electron chi connectivity index (χ4n) is 1.98. The third-order valence-electron chi connectivity index (χ3n) is 2.99. The first-order chi connectivity index (χ1) is 9.67. The van der Waals surface area contributed by atoms with Gasteiger partial charge in [-0.1, -0.05) is 6.07 Å². The molecule has 1 aromatic heterocycles. The number of anilines is 2. The molecular formula is C13H16N4O3S. The summed E-state index contributed by atoms with van der Waals surface area (Å²) in [5, 5.41) is 1.63. The van der Waals surface area contributed by atoms with Crippen molar-refractivity contribution in [3.05, 3.63) is 30.0 Å². The van der Waals surface area contributed by atoms with Crippen molar-refractivity contribution in [3.8, 4) is 0 Å². The number of rotatable bonds is 3. The van der Waals surface area contributed by atoms with Crippen LogP contribution in [0.3, 0.4) is 0 Å². The number of nitrogens with zero attached hydrogens (tertiary/aromatic N) is 2. The Kier molecular flexibility index (Phi) is 3.73. The summed E-state index contributed by atoms with van der Waals surface area (Å²) >= 11 is 0. The van der Waals surface area contributed by atoms with Gasteiger partial charge in [-0.2, -0.15) is 0 Å². The highest BCUT2D eigenvalue weighted by molar-refractivity contribution is 7.92. The van der Waals surface area contributed by atoms with Crippen molar-refractivity contribution in [1.82, 2.24) is 4.98 Å². The molecule has 0 bridgehead atoms. The van der Waals surface area contributed by atoms with E-state index in [1.807, 2.05) is 6.92 Å². The first-order valence-electron chi connectivity index (χ1n) is 6.10. The van der Waals surface area contributed by atoms with Gasteiger partial charge in [-0.05, 0) is 30.5 Å². The van der Waals surface area contributed by atoms with Crippen molar-refractivity contribution in [2.45, 2.75) is 6.92 Å². The molecule has 1 aromatic carbocycles. The summed E-state index contributed by atoms with van der Waals surface area (Å²) in [4.78, 5) is 16.8. The van der Waals surface area contributed by atoms with E-state index in [4.69, 9.17) is 5.73 Å². The minimum atomic E-state index is -3.35. The quantitative estimate of drug-likeness (QED) is 0.894. The number of sulfonamides is 1. The van der Waals surface area contributed by atoms with E-state index in [1.165, 1.54) is 11.9 Å². The number of fused-ring (bicyclic) bond motifs is 1. The average molecular weight is 308 g/mol. The third kappa shape index (κ3) is 3.40. The molecule has 21 heavy (non-hydrogen) atoms. The summed E-state index contributed by atoms with van der Waals surface area (Å²) in [7, 11) is -1.82. The van der Waals surface area contributed by atoms with E-state index in [1.54, 1.807) is 24.3 Å². The largest absolute Gasteiger partial charge is 0.351 e.